The molecule has 4 nitrogen and oxygen atoms in total. The minimum absolute atomic E-state index is 0.444. The number of hydrogen-bond donors (Lipinski definition) is 0. The van der Waals surface area contributed by atoms with Gasteiger partial charge in [0.2, 0.25) is 0 Å². The molecule has 0 aromatic heterocycles. The van der Waals surface area contributed by atoms with Crippen LogP contribution in [-0.4, -0.2) is 5.97 Å². The van der Waals surface area contributed by atoms with Gasteiger partial charge in [-0.15, -0.1) is 0 Å². The van der Waals surface area contributed by atoms with Gasteiger partial charge in [-0.05, 0) is 48.2 Å². The normalized spacial score (nSPS) is 15.6. The highest BCUT2D eigenvalue weighted by Crippen LogP contribution is 2.37. The van der Waals surface area contributed by atoms with E-state index in [4.69, 9.17) is 10.00 Å². The fourth-order valence-electron chi connectivity index (χ4n) is 3.17. The van der Waals surface area contributed by atoms with Crippen LogP contribution in [0.15, 0.2) is 48.5 Å². The Balaban J connectivity index is 1.73. The van der Waals surface area contributed by atoms with Crippen LogP contribution in [0.3, 0.4) is 0 Å². The number of benzene rings is 2. The van der Waals surface area contributed by atoms with Gasteiger partial charge >= 0.3 is 5.97 Å². The van der Waals surface area contributed by atoms with E-state index >= 15 is 0 Å². The second kappa shape index (κ2) is 7.20. The van der Waals surface area contributed by atoms with Crippen LogP contribution in [0.4, 0.5) is 0 Å². The van der Waals surface area contributed by atoms with Gasteiger partial charge in [0.1, 0.15) is 5.75 Å². The zero-order valence-electron chi connectivity index (χ0n) is 13.9. The van der Waals surface area contributed by atoms with Crippen LogP contribution in [-0.2, 0) is 4.79 Å². The molecule has 0 amide bonds. The Hall–Kier alpha value is -3.11. The number of nitrogens with zero attached hydrogens (tertiary/aromatic N) is 2. The summed E-state index contributed by atoms with van der Waals surface area (Å²) in [7, 11) is 0. The van der Waals surface area contributed by atoms with E-state index in [1.54, 1.807) is 24.3 Å². The van der Waals surface area contributed by atoms with Crippen molar-refractivity contribution in [3.05, 3.63) is 54.1 Å². The van der Waals surface area contributed by atoms with Gasteiger partial charge in [-0.2, -0.15) is 10.5 Å². The summed E-state index contributed by atoms with van der Waals surface area (Å²) in [4.78, 5) is 12.5. The zero-order chi connectivity index (χ0) is 17.7. The maximum Gasteiger partial charge on any atom is 0.331 e. The van der Waals surface area contributed by atoms with Crippen LogP contribution in [0.1, 0.15) is 37.7 Å². The molecule has 0 aliphatic heterocycles. The first kappa shape index (κ1) is 16.7. The van der Waals surface area contributed by atoms with Crippen molar-refractivity contribution in [1.82, 2.24) is 0 Å². The molecule has 4 heteroatoms. The molecule has 0 radical (unpaired) electrons. The van der Waals surface area contributed by atoms with E-state index in [-0.39, 0.29) is 0 Å². The molecule has 0 spiro atoms. The second-order valence-corrected chi connectivity index (χ2v) is 6.36. The lowest BCUT2D eigenvalue weighted by Crippen LogP contribution is -2.35. The largest absolute Gasteiger partial charge is 0.425 e. The molecule has 0 saturated heterocycles. The Morgan fingerprint density at radius 1 is 0.880 bits per heavy atom. The van der Waals surface area contributed by atoms with E-state index in [1.165, 1.54) is 0 Å². The number of ether oxygens (including phenoxy) is 1. The van der Waals surface area contributed by atoms with Crippen LogP contribution < -0.4 is 4.74 Å². The summed E-state index contributed by atoms with van der Waals surface area (Å²) in [6.07, 6.45) is 3.99. The van der Waals surface area contributed by atoms with E-state index in [1.807, 2.05) is 24.3 Å². The number of esters is 1. The first-order valence-electron chi connectivity index (χ1n) is 8.41. The summed E-state index contributed by atoms with van der Waals surface area (Å²) < 4.78 is 5.47. The molecular formula is C21H18N2O2. The van der Waals surface area contributed by atoms with Crippen molar-refractivity contribution in [2.45, 2.75) is 32.1 Å². The third kappa shape index (κ3) is 3.54. The zero-order valence-corrected chi connectivity index (χ0v) is 13.9. The van der Waals surface area contributed by atoms with Gasteiger partial charge in [0, 0.05) is 0 Å². The lowest BCUT2D eigenvalue weighted by atomic mass is 9.75. The van der Waals surface area contributed by atoms with Gasteiger partial charge in [-0.25, -0.2) is 4.79 Å². The Bertz CT molecular complexity index is 833. The molecule has 3 rings (SSSR count). The number of carbonyl (C=O) groups is 1. The molecule has 1 aliphatic rings. The Labute approximate surface area is 147 Å². The van der Waals surface area contributed by atoms with Gasteiger partial charge in [-0.1, -0.05) is 43.5 Å². The van der Waals surface area contributed by atoms with Crippen molar-refractivity contribution >= 4 is 5.97 Å². The van der Waals surface area contributed by atoms with E-state index < -0.39 is 11.4 Å². The summed E-state index contributed by atoms with van der Waals surface area (Å²) in [5, 5.41) is 18.3. The molecule has 25 heavy (non-hydrogen) atoms. The molecule has 0 bridgehead atoms. The van der Waals surface area contributed by atoms with Gasteiger partial charge < -0.3 is 4.74 Å². The smallest absolute Gasteiger partial charge is 0.331 e. The molecule has 0 atom stereocenters. The summed E-state index contributed by atoms with van der Waals surface area (Å²) >= 11 is 0. The molecule has 124 valence electrons. The van der Waals surface area contributed by atoms with Gasteiger partial charge in [-0.3, -0.25) is 0 Å². The van der Waals surface area contributed by atoms with Gasteiger partial charge in [0.25, 0.3) is 0 Å². The molecule has 0 heterocycles. The predicted octanol–water partition coefficient (Wildman–Crippen LogP) is 4.60. The first-order chi connectivity index (χ1) is 12.2. The molecule has 1 aliphatic carbocycles. The molecule has 0 unspecified atom stereocenters. The number of carbonyl (C=O) groups excluding carboxylic acids is 1. The minimum Gasteiger partial charge on any atom is -0.425 e. The van der Waals surface area contributed by atoms with Crippen molar-refractivity contribution in [2.24, 2.45) is 5.41 Å². The first-order valence-corrected chi connectivity index (χ1v) is 8.41. The van der Waals surface area contributed by atoms with Crippen molar-refractivity contribution in [1.29, 1.82) is 10.5 Å². The Morgan fingerprint density at radius 2 is 1.44 bits per heavy atom. The highest BCUT2D eigenvalue weighted by Gasteiger charge is 2.41. The fourth-order valence-corrected chi connectivity index (χ4v) is 3.17. The van der Waals surface area contributed by atoms with Crippen molar-refractivity contribution in [3.8, 4) is 29.0 Å². The summed E-state index contributed by atoms with van der Waals surface area (Å²) in [6.45, 7) is 0. The van der Waals surface area contributed by atoms with E-state index in [0.29, 0.717) is 24.2 Å². The van der Waals surface area contributed by atoms with Crippen LogP contribution >= 0.6 is 0 Å². The number of nitriles is 2. The third-order valence-electron chi connectivity index (χ3n) is 4.72. The highest BCUT2D eigenvalue weighted by atomic mass is 16.5. The lowest BCUT2D eigenvalue weighted by Gasteiger charge is -2.28. The SMILES string of the molecule is N#Cc1ccc(-c2ccc(OC(=O)C3(C#N)CCCCC3)cc2)cc1. The van der Waals surface area contributed by atoms with Crippen molar-refractivity contribution in [3.63, 3.8) is 0 Å². The van der Waals surface area contributed by atoms with E-state index in [0.717, 1.165) is 30.4 Å². The predicted molar refractivity (Wildman–Crippen MR) is 93.4 cm³/mol. The molecular weight excluding hydrogens is 312 g/mol. The maximum absolute atomic E-state index is 12.5. The van der Waals surface area contributed by atoms with Crippen LogP contribution in [0.5, 0.6) is 5.75 Å². The van der Waals surface area contributed by atoms with Crippen LogP contribution in [0.25, 0.3) is 11.1 Å². The summed E-state index contributed by atoms with van der Waals surface area (Å²) in [5.74, 6) is 0.00316. The van der Waals surface area contributed by atoms with Gasteiger partial charge in [0.05, 0.1) is 17.7 Å². The molecule has 2 aromatic rings. The average molecular weight is 330 g/mol. The van der Waals surface area contributed by atoms with Crippen molar-refractivity contribution in [2.75, 3.05) is 0 Å². The lowest BCUT2D eigenvalue weighted by molar-refractivity contribution is -0.144. The molecule has 2 aromatic carbocycles. The van der Waals surface area contributed by atoms with Crippen LogP contribution in [0.2, 0.25) is 0 Å². The fraction of sp³-hybridized carbons (Fsp3) is 0.286. The Kier molecular flexibility index (Phi) is 4.82. The highest BCUT2D eigenvalue weighted by molar-refractivity contribution is 5.82. The topological polar surface area (TPSA) is 73.9 Å². The van der Waals surface area contributed by atoms with E-state index in [2.05, 4.69) is 12.1 Å². The van der Waals surface area contributed by atoms with E-state index in [9.17, 15) is 10.1 Å². The standard InChI is InChI=1S/C21H18N2O2/c22-14-16-4-6-17(7-5-16)18-8-10-19(11-9-18)25-20(24)21(15-23)12-2-1-3-13-21/h4-11H,1-3,12-13H2. The number of hydrogen-bond acceptors (Lipinski definition) is 4. The maximum atomic E-state index is 12.5. The monoisotopic (exact) mass is 330 g/mol. The average Bonchev–Trinajstić information content (AvgIpc) is 2.69. The minimum atomic E-state index is -0.996. The van der Waals surface area contributed by atoms with Gasteiger partial charge in [0.15, 0.2) is 5.41 Å². The second-order valence-electron chi connectivity index (χ2n) is 6.36. The quantitative estimate of drug-likeness (QED) is 0.608. The summed E-state index contributed by atoms with van der Waals surface area (Å²) in [6, 6.07) is 18.8. The molecule has 1 saturated carbocycles. The number of rotatable bonds is 3. The Morgan fingerprint density at radius 3 is 1.96 bits per heavy atom. The summed E-state index contributed by atoms with van der Waals surface area (Å²) in [5.41, 5.74) is 1.57. The van der Waals surface area contributed by atoms with Crippen molar-refractivity contribution < 1.29 is 9.53 Å². The molecule has 1 fully saturated rings. The van der Waals surface area contributed by atoms with Crippen LogP contribution in [0, 0.1) is 28.1 Å². The molecule has 0 N–H and O–H groups in total. The third-order valence-corrected chi connectivity index (χ3v) is 4.72.